The first kappa shape index (κ1) is 17.0. The standard InChI is InChI=1S/C19H24N2O2/c1-13-8-14(2)10-16(9-13)11-20-18-6-4-17(5-7-18)19(23)21-15(3)12-22/h4-10,15,20,22H,11-12H2,1-3H3,(H,21,23)/t15-/m1/s1. The van der Waals surface area contributed by atoms with Crippen LogP contribution in [0.4, 0.5) is 5.69 Å². The minimum atomic E-state index is -0.245. The molecule has 122 valence electrons. The molecule has 1 amide bonds. The lowest BCUT2D eigenvalue weighted by Crippen LogP contribution is -2.34. The van der Waals surface area contributed by atoms with Gasteiger partial charge in [0.1, 0.15) is 0 Å². The van der Waals surface area contributed by atoms with Crippen LogP contribution in [-0.2, 0) is 6.54 Å². The van der Waals surface area contributed by atoms with Gasteiger partial charge in [0.15, 0.2) is 0 Å². The molecule has 0 unspecified atom stereocenters. The van der Waals surface area contributed by atoms with Crippen molar-refractivity contribution in [3.05, 3.63) is 64.7 Å². The second-order valence-corrected chi connectivity index (χ2v) is 5.98. The Labute approximate surface area is 137 Å². The summed E-state index contributed by atoms with van der Waals surface area (Å²) in [6.45, 7) is 6.63. The Bertz CT molecular complexity index is 645. The number of nitrogens with one attached hydrogen (secondary N) is 2. The molecule has 23 heavy (non-hydrogen) atoms. The Kier molecular flexibility index (Phi) is 5.77. The first-order valence-corrected chi connectivity index (χ1v) is 7.81. The van der Waals surface area contributed by atoms with E-state index in [0.717, 1.165) is 12.2 Å². The first-order chi connectivity index (χ1) is 11.0. The topological polar surface area (TPSA) is 61.4 Å². The van der Waals surface area contributed by atoms with Crippen molar-refractivity contribution in [1.82, 2.24) is 5.32 Å². The molecule has 0 heterocycles. The summed E-state index contributed by atoms with van der Waals surface area (Å²) in [5, 5.41) is 15.1. The molecular weight excluding hydrogens is 288 g/mol. The van der Waals surface area contributed by atoms with Gasteiger partial charge in [-0.2, -0.15) is 0 Å². The SMILES string of the molecule is Cc1cc(C)cc(CNc2ccc(C(=O)N[C@H](C)CO)cc2)c1. The van der Waals surface area contributed by atoms with Crippen molar-refractivity contribution in [2.45, 2.75) is 33.4 Å². The average Bonchev–Trinajstić information content (AvgIpc) is 2.52. The van der Waals surface area contributed by atoms with Crippen molar-refractivity contribution in [3.63, 3.8) is 0 Å². The zero-order valence-electron chi connectivity index (χ0n) is 13.9. The molecule has 0 aliphatic carbocycles. The van der Waals surface area contributed by atoms with Crippen LogP contribution in [0.5, 0.6) is 0 Å². The van der Waals surface area contributed by atoms with Gasteiger partial charge in [-0.25, -0.2) is 0 Å². The van der Waals surface area contributed by atoms with Crippen molar-refractivity contribution < 1.29 is 9.90 Å². The van der Waals surface area contributed by atoms with E-state index >= 15 is 0 Å². The summed E-state index contributed by atoms with van der Waals surface area (Å²) in [4.78, 5) is 11.9. The predicted octanol–water partition coefficient (Wildman–Crippen LogP) is 3.03. The molecule has 0 saturated heterocycles. The van der Waals surface area contributed by atoms with Gasteiger partial charge in [0.2, 0.25) is 0 Å². The fourth-order valence-corrected chi connectivity index (χ4v) is 2.47. The third-order valence-corrected chi connectivity index (χ3v) is 3.58. The fourth-order valence-electron chi connectivity index (χ4n) is 2.47. The maximum Gasteiger partial charge on any atom is 0.251 e. The Hall–Kier alpha value is -2.33. The van der Waals surface area contributed by atoms with E-state index in [1.807, 2.05) is 12.1 Å². The maximum atomic E-state index is 11.9. The number of carbonyl (C=O) groups excluding carboxylic acids is 1. The van der Waals surface area contributed by atoms with Crippen LogP contribution < -0.4 is 10.6 Å². The van der Waals surface area contributed by atoms with Gasteiger partial charge in [-0.05, 0) is 50.6 Å². The minimum absolute atomic E-state index is 0.0682. The summed E-state index contributed by atoms with van der Waals surface area (Å²) in [5.74, 6) is -0.174. The number of benzene rings is 2. The van der Waals surface area contributed by atoms with Crippen molar-refractivity contribution in [2.24, 2.45) is 0 Å². The summed E-state index contributed by atoms with van der Waals surface area (Å²) in [5.41, 5.74) is 5.30. The van der Waals surface area contributed by atoms with Crippen LogP contribution in [-0.4, -0.2) is 23.7 Å². The molecule has 4 nitrogen and oxygen atoms in total. The molecule has 0 fully saturated rings. The van der Waals surface area contributed by atoms with Gasteiger partial charge in [0.05, 0.1) is 6.61 Å². The van der Waals surface area contributed by atoms with E-state index in [1.165, 1.54) is 16.7 Å². The molecule has 0 spiro atoms. The summed E-state index contributed by atoms with van der Waals surface area (Å²) in [6.07, 6.45) is 0. The monoisotopic (exact) mass is 312 g/mol. The lowest BCUT2D eigenvalue weighted by atomic mass is 10.1. The average molecular weight is 312 g/mol. The number of aliphatic hydroxyl groups excluding tert-OH is 1. The van der Waals surface area contributed by atoms with Gasteiger partial charge in [-0.3, -0.25) is 4.79 Å². The smallest absolute Gasteiger partial charge is 0.251 e. The number of carbonyl (C=O) groups is 1. The van der Waals surface area contributed by atoms with E-state index in [9.17, 15) is 4.79 Å². The van der Waals surface area contributed by atoms with Gasteiger partial charge in [-0.15, -0.1) is 0 Å². The number of aryl methyl sites for hydroxylation is 2. The third kappa shape index (κ3) is 5.11. The van der Waals surface area contributed by atoms with Crippen LogP contribution in [0.25, 0.3) is 0 Å². The molecule has 0 radical (unpaired) electrons. The molecule has 0 bridgehead atoms. The molecule has 2 aromatic carbocycles. The minimum Gasteiger partial charge on any atom is -0.394 e. The van der Waals surface area contributed by atoms with E-state index in [0.29, 0.717) is 5.56 Å². The molecule has 0 aliphatic heterocycles. The molecular formula is C19H24N2O2. The van der Waals surface area contributed by atoms with Crippen molar-refractivity contribution in [2.75, 3.05) is 11.9 Å². The van der Waals surface area contributed by atoms with Gasteiger partial charge < -0.3 is 15.7 Å². The lowest BCUT2D eigenvalue weighted by Gasteiger charge is -2.12. The summed E-state index contributed by atoms with van der Waals surface area (Å²) in [7, 11) is 0. The molecule has 3 N–H and O–H groups in total. The van der Waals surface area contributed by atoms with E-state index < -0.39 is 0 Å². The highest BCUT2D eigenvalue weighted by molar-refractivity contribution is 5.94. The van der Waals surface area contributed by atoms with Crippen molar-refractivity contribution in [1.29, 1.82) is 0 Å². The van der Waals surface area contributed by atoms with E-state index in [4.69, 9.17) is 5.11 Å². The van der Waals surface area contributed by atoms with Gasteiger partial charge in [0.25, 0.3) is 5.91 Å². The number of anilines is 1. The number of hydrogen-bond acceptors (Lipinski definition) is 3. The number of aliphatic hydroxyl groups is 1. The highest BCUT2D eigenvalue weighted by Crippen LogP contribution is 2.14. The lowest BCUT2D eigenvalue weighted by molar-refractivity contribution is 0.0922. The largest absolute Gasteiger partial charge is 0.394 e. The second-order valence-electron chi connectivity index (χ2n) is 5.98. The highest BCUT2D eigenvalue weighted by atomic mass is 16.3. The van der Waals surface area contributed by atoms with Gasteiger partial charge >= 0.3 is 0 Å². The zero-order chi connectivity index (χ0) is 16.8. The molecule has 0 saturated carbocycles. The van der Waals surface area contributed by atoms with E-state index in [1.54, 1.807) is 19.1 Å². The third-order valence-electron chi connectivity index (χ3n) is 3.58. The predicted molar refractivity (Wildman–Crippen MR) is 93.7 cm³/mol. The number of hydrogen-bond donors (Lipinski definition) is 3. The molecule has 4 heteroatoms. The van der Waals surface area contributed by atoms with Crippen LogP contribution in [0, 0.1) is 13.8 Å². The maximum absolute atomic E-state index is 11.9. The van der Waals surface area contributed by atoms with Crippen LogP contribution in [0.3, 0.4) is 0 Å². The van der Waals surface area contributed by atoms with Gasteiger partial charge in [0, 0.05) is 23.8 Å². The highest BCUT2D eigenvalue weighted by Gasteiger charge is 2.08. The van der Waals surface area contributed by atoms with E-state index in [2.05, 4.69) is 42.7 Å². The Morgan fingerprint density at radius 3 is 2.26 bits per heavy atom. The number of rotatable bonds is 6. The van der Waals surface area contributed by atoms with Gasteiger partial charge in [-0.1, -0.05) is 29.3 Å². The van der Waals surface area contributed by atoms with Crippen molar-refractivity contribution >= 4 is 11.6 Å². The van der Waals surface area contributed by atoms with Crippen LogP contribution in [0.15, 0.2) is 42.5 Å². The number of amides is 1. The molecule has 2 rings (SSSR count). The summed E-state index contributed by atoms with van der Waals surface area (Å²) in [6, 6.07) is 13.6. The van der Waals surface area contributed by atoms with E-state index in [-0.39, 0.29) is 18.6 Å². The van der Waals surface area contributed by atoms with Crippen LogP contribution in [0.1, 0.15) is 34.0 Å². The molecule has 0 aliphatic rings. The molecule has 1 atom stereocenters. The Balaban J connectivity index is 1.96. The fraction of sp³-hybridized carbons (Fsp3) is 0.316. The van der Waals surface area contributed by atoms with Crippen LogP contribution in [0.2, 0.25) is 0 Å². The first-order valence-electron chi connectivity index (χ1n) is 7.81. The molecule has 2 aromatic rings. The zero-order valence-corrected chi connectivity index (χ0v) is 13.9. The normalized spacial score (nSPS) is 11.8. The summed E-state index contributed by atoms with van der Waals surface area (Å²) >= 11 is 0. The Morgan fingerprint density at radius 2 is 1.70 bits per heavy atom. The summed E-state index contributed by atoms with van der Waals surface area (Å²) < 4.78 is 0. The Morgan fingerprint density at radius 1 is 1.09 bits per heavy atom. The van der Waals surface area contributed by atoms with Crippen LogP contribution >= 0.6 is 0 Å². The second kappa shape index (κ2) is 7.79. The molecule has 0 aromatic heterocycles. The van der Waals surface area contributed by atoms with Crippen molar-refractivity contribution in [3.8, 4) is 0 Å². The quantitative estimate of drug-likeness (QED) is 0.768.